The minimum Gasteiger partial charge on any atom is -0.458 e. The molecule has 3 heteroatoms. The number of allylic oxidation sites excluding steroid dienone is 1. The van der Waals surface area contributed by atoms with Crippen molar-refractivity contribution in [2.24, 2.45) is 0 Å². The minimum absolute atomic E-state index is 0.103. The van der Waals surface area contributed by atoms with Crippen molar-refractivity contribution in [1.82, 2.24) is 9.13 Å². The Hall–Kier alpha value is -5.80. The largest absolute Gasteiger partial charge is 0.458 e. The van der Waals surface area contributed by atoms with E-state index in [1.807, 2.05) is 0 Å². The molecule has 1 unspecified atom stereocenters. The van der Waals surface area contributed by atoms with Crippen molar-refractivity contribution in [3.63, 3.8) is 0 Å². The fraction of sp³-hybridized carbons (Fsp3) is 0.0698. The molecule has 0 N–H and O–H groups in total. The predicted molar refractivity (Wildman–Crippen MR) is 192 cm³/mol. The van der Waals surface area contributed by atoms with E-state index in [9.17, 15) is 0 Å². The first-order valence-corrected chi connectivity index (χ1v) is 16.1. The molecule has 3 nitrogen and oxygen atoms in total. The zero-order valence-electron chi connectivity index (χ0n) is 25.2. The molecule has 3 heterocycles. The highest BCUT2D eigenvalue weighted by atomic mass is 16.3. The number of hydrogen-bond acceptors (Lipinski definition) is 1. The number of rotatable bonds is 3. The molecule has 0 saturated heterocycles. The van der Waals surface area contributed by atoms with Gasteiger partial charge in [-0.1, -0.05) is 97.1 Å². The molecule has 10 rings (SSSR count). The van der Waals surface area contributed by atoms with Crippen LogP contribution in [0.5, 0.6) is 0 Å². The molecule has 0 radical (unpaired) electrons. The van der Waals surface area contributed by atoms with Crippen molar-refractivity contribution in [3.05, 3.63) is 157 Å². The third kappa shape index (κ3) is 3.66. The van der Waals surface area contributed by atoms with E-state index in [1.54, 1.807) is 0 Å². The molecule has 0 spiro atoms. The monoisotopic (exact) mass is 590 g/mol. The Balaban J connectivity index is 1.17. The van der Waals surface area contributed by atoms with Crippen LogP contribution in [0.3, 0.4) is 0 Å². The molecule has 9 aromatic rings. The molecule has 3 aromatic heterocycles. The number of benzene rings is 6. The molecule has 0 fully saturated rings. The van der Waals surface area contributed by atoms with Crippen molar-refractivity contribution in [2.75, 3.05) is 0 Å². The van der Waals surface area contributed by atoms with Crippen LogP contribution in [0.4, 0.5) is 0 Å². The highest BCUT2D eigenvalue weighted by molar-refractivity contribution is 6.12. The summed E-state index contributed by atoms with van der Waals surface area (Å²) < 4.78 is 11.5. The van der Waals surface area contributed by atoms with Gasteiger partial charge >= 0.3 is 0 Å². The van der Waals surface area contributed by atoms with Gasteiger partial charge in [0.2, 0.25) is 0 Å². The number of aromatic nitrogens is 2. The maximum Gasteiger partial charge on any atom is 0.135 e. The molecule has 6 aromatic carbocycles. The maximum atomic E-state index is 6.63. The van der Waals surface area contributed by atoms with Crippen LogP contribution < -0.4 is 0 Å². The first kappa shape index (κ1) is 25.5. The highest BCUT2D eigenvalue weighted by Gasteiger charge is 2.27. The lowest BCUT2D eigenvalue weighted by atomic mass is 10.0. The van der Waals surface area contributed by atoms with Gasteiger partial charge < -0.3 is 13.6 Å². The molecule has 0 saturated carbocycles. The van der Waals surface area contributed by atoms with E-state index in [0.717, 1.165) is 24.2 Å². The highest BCUT2D eigenvalue weighted by Crippen LogP contribution is 2.43. The van der Waals surface area contributed by atoms with Crippen molar-refractivity contribution in [1.29, 1.82) is 0 Å². The molecule has 46 heavy (non-hydrogen) atoms. The second-order valence-electron chi connectivity index (χ2n) is 12.4. The molecule has 0 aliphatic heterocycles. The molecule has 1 aliphatic carbocycles. The minimum atomic E-state index is 0.103. The van der Waals surface area contributed by atoms with Gasteiger partial charge in [0.15, 0.2) is 0 Å². The van der Waals surface area contributed by atoms with Gasteiger partial charge in [-0.25, -0.2) is 0 Å². The summed E-state index contributed by atoms with van der Waals surface area (Å²) in [7, 11) is 0. The summed E-state index contributed by atoms with van der Waals surface area (Å²) in [5.41, 5.74) is 10.7. The Kier molecular flexibility index (Phi) is 5.47. The summed E-state index contributed by atoms with van der Waals surface area (Å²) in [5.74, 6) is 1.06. The summed E-state index contributed by atoms with van der Waals surface area (Å²) >= 11 is 0. The number of hydrogen-bond donors (Lipinski definition) is 0. The first-order chi connectivity index (χ1) is 22.8. The average molecular weight is 591 g/mol. The van der Waals surface area contributed by atoms with Crippen LogP contribution in [0.15, 0.2) is 150 Å². The van der Waals surface area contributed by atoms with Crippen molar-refractivity contribution >= 4 is 60.7 Å². The number of nitrogens with zero attached hydrogens (tertiary/aromatic N) is 2. The van der Waals surface area contributed by atoms with Gasteiger partial charge in [0.05, 0.1) is 17.1 Å². The van der Waals surface area contributed by atoms with Gasteiger partial charge in [0.1, 0.15) is 11.3 Å². The Labute approximate surface area is 266 Å². The van der Waals surface area contributed by atoms with Gasteiger partial charge in [-0.2, -0.15) is 0 Å². The van der Waals surface area contributed by atoms with Gasteiger partial charge in [0, 0.05) is 49.2 Å². The van der Waals surface area contributed by atoms with Gasteiger partial charge in [-0.05, 0) is 78.6 Å². The Morgan fingerprint density at radius 2 is 1.11 bits per heavy atom. The van der Waals surface area contributed by atoms with Crippen LogP contribution in [0.1, 0.15) is 30.2 Å². The second kappa shape index (κ2) is 9.85. The Bertz CT molecular complexity index is 2650. The van der Waals surface area contributed by atoms with Gasteiger partial charge in [-0.15, -0.1) is 0 Å². The van der Waals surface area contributed by atoms with Crippen LogP contribution in [-0.4, -0.2) is 9.13 Å². The zero-order valence-corrected chi connectivity index (χ0v) is 25.2. The summed E-state index contributed by atoms with van der Waals surface area (Å²) in [6.45, 7) is 0. The van der Waals surface area contributed by atoms with E-state index in [-0.39, 0.29) is 6.04 Å². The van der Waals surface area contributed by atoms with E-state index in [2.05, 4.69) is 161 Å². The average Bonchev–Trinajstić information content (AvgIpc) is 3.71. The lowest BCUT2D eigenvalue weighted by Gasteiger charge is -2.19. The topological polar surface area (TPSA) is 23.0 Å². The fourth-order valence-corrected chi connectivity index (χ4v) is 7.86. The van der Waals surface area contributed by atoms with E-state index in [0.29, 0.717) is 0 Å². The molecular weight excluding hydrogens is 560 g/mol. The van der Waals surface area contributed by atoms with Gasteiger partial charge in [-0.3, -0.25) is 0 Å². The summed E-state index contributed by atoms with van der Waals surface area (Å²) in [6, 6.07) is 50.7. The molecular formula is C43H30N2O. The predicted octanol–water partition coefficient (Wildman–Crippen LogP) is 11.7. The summed E-state index contributed by atoms with van der Waals surface area (Å²) in [5, 5.41) is 6.27. The second-order valence-corrected chi connectivity index (χ2v) is 12.4. The van der Waals surface area contributed by atoms with Crippen molar-refractivity contribution < 1.29 is 4.42 Å². The third-order valence-corrected chi connectivity index (χ3v) is 9.90. The molecule has 1 aliphatic rings. The molecule has 218 valence electrons. The van der Waals surface area contributed by atoms with Crippen molar-refractivity contribution in [3.8, 4) is 16.8 Å². The van der Waals surface area contributed by atoms with Gasteiger partial charge in [0.25, 0.3) is 0 Å². The molecule has 0 amide bonds. The number of para-hydroxylation sites is 4. The van der Waals surface area contributed by atoms with Crippen LogP contribution in [0.25, 0.3) is 77.5 Å². The smallest absolute Gasteiger partial charge is 0.135 e. The maximum absolute atomic E-state index is 6.63. The molecule has 0 bridgehead atoms. The lowest BCUT2D eigenvalue weighted by molar-refractivity contribution is 0.446. The standard InChI is InChI=1S/C43H30N2O/c1-2-12-30(13-3-1)44-37-18-8-4-14-31(37)35-26-28(22-24-39(35)44)29-23-25-40-36(27-29)32-15-5-9-19-38(32)45(40)41-20-10-6-17-34-33-16-7-11-21-42(33)46-43(34)41/h1-9,11-19,21-27,41H,10,20H2. The van der Waals surface area contributed by atoms with Crippen LogP contribution >= 0.6 is 0 Å². The third-order valence-electron chi connectivity index (χ3n) is 9.90. The van der Waals surface area contributed by atoms with Crippen LogP contribution in [0.2, 0.25) is 0 Å². The number of fused-ring (bicyclic) bond motifs is 9. The SMILES string of the molecule is C1=Cc2c(oc3ccccc23)C(n2c3ccccc3c3cc(-c4ccc5c(c4)c4ccccc4n5-c4ccccc4)ccc32)CC1. The quantitative estimate of drug-likeness (QED) is 0.201. The van der Waals surface area contributed by atoms with E-state index >= 15 is 0 Å². The van der Waals surface area contributed by atoms with Crippen LogP contribution in [-0.2, 0) is 0 Å². The van der Waals surface area contributed by atoms with E-state index in [1.165, 1.54) is 71.4 Å². The lowest BCUT2D eigenvalue weighted by Crippen LogP contribution is -2.10. The van der Waals surface area contributed by atoms with E-state index in [4.69, 9.17) is 4.42 Å². The van der Waals surface area contributed by atoms with Crippen molar-refractivity contribution in [2.45, 2.75) is 18.9 Å². The fourth-order valence-electron chi connectivity index (χ4n) is 7.86. The normalized spacial score (nSPS) is 14.9. The van der Waals surface area contributed by atoms with Crippen LogP contribution in [0, 0.1) is 0 Å². The zero-order chi connectivity index (χ0) is 30.2. The Morgan fingerprint density at radius 3 is 1.91 bits per heavy atom. The molecule has 1 atom stereocenters. The first-order valence-electron chi connectivity index (χ1n) is 16.1. The number of furan rings is 1. The summed E-state index contributed by atoms with van der Waals surface area (Å²) in [4.78, 5) is 0. The summed E-state index contributed by atoms with van der Waals surface area (Å²) in [6.07, 6.45) is 6.56. The van der Waals surface area contributed by atoms with E-state index < -0.39 is 0 Å². The Morgan fingerprint density at radius 1 is 0.522 bits per heavy atom.